The fourth-order valence-corrected chi connectivity index (χ4v) is 2.32. The van der Waals surface area contributed by atoms with Gasteiger partial charge >= 0.3 is 0 Å². The molecular formula is C13H22N4O. The van der Waals surface area contributed by atoms with E-state index in [1.54, 1.807) is 11.6 Å². The molecule has 5 nitrogen and oxygen atoms in total. The molecule has 0 saturated carbocycles. The molecule has 2 heterocycles. The van der Waals surface area contributed by atoms with Crippen LogP contribution in [0.2, 0.25) is 0 Å². The van der Waals surface area contributed by atoms with Crippen molar-refractivity contribution in [1.82, 2.24) is 19.6 Å². The van der Waals surface area contributed by atoms with Gasteiger partial charge in [-0.25, -0.2) is 0 Å². The number of aryl methyl sites for hydroxylation is 1. The maximum atomic E-state index is 11.3. The molecule has 5 heteroatoms. The topological polar surface area (TPSA) is 41.4 Å². The first kappa shape index (κ1) is 13.2. The monoisotopic (exact) mass is 250 g/mol. The van der Waals surface area contributed by atoms with Crippen LogP contribution in [0.25, 0.3) is 0 Å². The van der Waals surface area contributed by atoms with Crippen LogP contribution in [0.4, 0.5) is 0 Å². The quantitative estimate of drug-likeness (QED) is 0.726. The number of rotatable bonds is 4. The van der Waals surface area contributed by atoms with Gasteiger partial charge in [0.1, 0.15) is 5.69 Å². The molecular weight excluding hydrogens is 228 g/mol. The molecule has 1 aromatic heterocycles. The molecule has 1 fully saturated rings. The number of carbonyl (C=O) groups is 1. The molecule has 100 valence electrons. The van der Waals surface area contributed by atoms with Crippen LogP contribution in [0.5, 0.6) is 0 Å². The number of Topliss-reactive ketones (excluding diaryl/α,β-unsaturated/α-hetero) is 1. The Morgan fingerprint density at radius 1 is 1.28 bits per heavy atom. The third-order valence-corrected chi connectivity index (χ3v) is 3.57. The Bertz CT molecular complexity index is 419. The summed E-state index contributed by atoms with van der Waals surface area (Å²) in [7, 11) is 3.99. The summed E-state index contributed by atoms with van der Waals surface area (Å²) in [6, 6.07) is 1.92. The molecule has 0 amide bonds. The van der Waals surface area contributed by atoms with Gasteiger partial charge in [0.2, 0.25) is 0 Å². The fraction of sp³-hybridized carbons (Fsp3) is 0.692. The highest BCUT2D eigenvalue weighted by Gasteiger charge is 2.14. The van der Waals surface area contributed by atoms with Crippen molar-refractivity contribution in [3.8, 4) is 0 Å². The molecule has 0 radical (unpaired) electrons. The third-order valence-electron chi connectivity index (χ3n) is 3.57. The van der Waals surface area contributed by atoms with Gasteiger partial charge in [-0.15, -0.1) is 0 Å². The van der Waals surface area contributed by atoms with E-state index in [-0.39, 0.29) is 5.78 Å². The molecule has 0 spiro atoms. The van der Waals surface area contributed by atoms with Gasteiger partial charge < -0.3 is 9.80 Å². The second-order valence-corrected chi connectivity index (χ2v) is 5.10. The van der Waals surface area contributed by atoms with Gasteiger partial charge in [0.05, 0.1) is 5.69 Å². The minimum absolute atomic E-state index is 0.0795. The lowest BCUT2D eigenvalue weighted by Gasteiger charge is -2.32. The number of nitrogens with zero attached hydrogens (tertiary/aromatic N) is 4. The highest BCUT2D eigenvalue weighted by atomic mass is 16.1. The average Bonchev–Trinajstić information content (AvgIpc) is 2.70. The molecule has 0 atom stereocenters. The predicted octanol–water partition coefficient (Wildman–Crippen LogP) is 0.413. The minimum atomic E-state index is 0.0795. The van der Waals surface area contributed by atoms with Crippen LogP contribution in [0.15, 0.2) is 6.07 Å². The molecule has 0 bridgehead atoms. The van der Waals surface area contributed by atoms with E-state index in [4.69, 9.17) is 0 Å². The zero-order valence-corrected chi connectivity index (χ0v) is 11.5. The number of aromatic nitrogens is 2. The van der Waals surface area contributed by atoms with Crippen LogP contribution in [0.1, 0.15) is 23.1 Å². The summed E-state index contributed by atoms with van der Waals surface area (Å²) in [5.74, 6) is 0.0795. The van der Waals surface area contributed by atoms with Crippen molar-refractivity contribution in [3.05, 3.63) is 17.5 Å². The average molecular weight is 250 g/mol. The van der Waals surface area contributed by atoms with Crippen LogP contribution in [-0.2, 0) is 13.5 Å². The van der Waals surface area contributed by atoms with E-state index in [0.717, 1.165) is 44.8 Å². The van der Waals surface area contributed by atoms with E-state index < -0.39 is 0 Å². The van der Waals surface area contributed by atoms with Crippen LogP contribution >= 0.6 is 0 Å². The van der Waals surface area contributed by atoms with E-state index in [2.05, 4.69) is 21.9 Å². The van der Waals surface area contributed by atoms with Crippen molar-refractivity contribution in [3.63, 3.8) is 0 Å². The molecule has 0 N–H and O–H groups in total. The first-order valence-electron chi connectivity index (χ1n) is 6.51. The molecule has 2 rings (SSSR count). The largest absolute Gasteiger partial charge is 0.304 e. The van der Waals surface area contributed by atoms with Crippen molar-refractivity contribution in [2.45, 2.75) is 13.3 Å². The Kier molecular flexibility index (Phi) is 4.14. The lowest BCUT2D eigenvalue weighted by Crippen LogP contribution is -2.45. The van der Waals surface area contributed by atoms with Gasteiger partial charge in [-0.2, -0.15) is 5.10 Å². The lowest BCUT2D eigenvalue weighted by molar-refractivity contribution is 0.100. The normalized spacial score (nSPS) is 18.2. The van der Waals surface area contributed by atoms with E-state index >= 15 is 0 Å². The molecule has 1 aromatic rings. The summed E-state index contributed by atoms with van der Waals surface area (Å²) in [5, 5.41) is 4.39. The number of hydrogen-bond acceptors (Lipinski definition) is 4. The zero-order chi connectivity index (χ0) is 13.1. The molecule has 0 aliphatic carbocycles. The maximum Gasteiger partial charge on any atom is 0.177 e. The summed E-state index contributed by atoms with van der Waals surface area (Å²) in [6.45, 7) is 7.15. The number of piperazine rings is 1. The number of hydrogen-bond donors (Lipinski definition) is 0. The Balaban J connectivity index is 1.86. The van der Waals surface area contributed by atoms with Crippen LogP contribution in [0.3, 0.4) is 0 Å². The first-order chi connectivity index (χ1) is 8.56. The highest BCUT2D eigenvalue weighted by Crippen LogP contribution is 2.07. The van der Waals surface area contributed by atoms with E-state index in [9.17, 15) is 4.79 Å². The van der Waals surface area contributed by atoms with Gasteiger partial charge in [-0.1, -0.05) is 0 Å². The zero-order valence-electron chi connectivity index (χ0n) is 11.5. The van der Waals surface area contributed by atoms with Gasteiger partial charge in [0.15, 0.2) is 5.78 Å². The Morgan fingerprint density at radius 2 is 1.94 bits per heavy atom. The third kappa shape index (κ3) is 3.17. The van der Waals surface area contributed by atoms with Crippen molar-refractivity contribution >= 4 is 5.78 Å². The molecule has 18 heavy (non-hydrogen) atoms. The Labute approximate surface area is 108 Å². The standard InChI is InChI=1S/C13H22N4O/c1-11(18)13-10-12(14-16(13)3)4-5-17-8-6-15(2)7-9-17/h10H,4-9H2,1-3H3. The number of ketones is 1. The first-order valence-corrected chi connectivity index (χ1v) is 6.51. The van der Waals surface area contributed by atoms with E-state index in [1.807, 2.05) is 13.1 Å². The van der Waals surface area contributed by atoms with Crippen molar-refractivity contribution in [2.24, 2.45) is 7.05 Å². The molecule has 1 saturated heterocycles. The summed E-state index contributed by atoms with van der Waals surface area (Å²) in [5.41, 5.74) is 1.71. The Morgan fingerprint density at radius 3 is 2.50 bits per heavy atom. The summed E-state index contributed by atoms with van der Waals surface area (Å²) in [4.78, 5) is 16.2. The van der Waals surface area contributed by atoms with Crippen molar-refractivity contribution in [2.75, 3.05) is 39.8 Å². The summed E-state index contributed by atoms with van der Waals surface area (Å²) < 4.78 is 1.68. The van der Waals surface area contributed by atoms with Crippen LogP contribution < -0.4 is 0 Å². The number of carbonyl (C=O) groups excluding carboxylic acids is 1. The van der Waals surface area contributed by atoms with Gasteiger partial charge in [0, 0.05) is 53.1 Å². The second-order valence-electron chi connectivity index (χ2n) is 5.10. The summed E-state index contributed by atoms with van der Waals surface area (Å²) >= 11 is 0. The van der Waals surface area contributed by atoms with Gasteiger partial charge in [0.25, 0.3) is 0 Å². The highest BCUT2D eigenvalue weighted by molar-refractivity contribution is 5.92. The minimum Gasteiger partial charge on any atom is -0.304 e. The Hall–Kier alpha value is -1.20. The smallest absolute Gasteiger partial charge is 0.177 e. The fourth-order valence-electron chi connectivity index (χ4n) is 2.32. The van der Waals surface area contributed by atoms with Crippen molar-refractivity contribution < 1.29 is 4.79 Å². The van der Waals surface area contributed by atoms with Gasteiger partial charge in [-0.3, -0.25) is 9.48 Å². The molecule has 0 aromatic carbocycles. The second kappa shape index (κ2) is 5.63. The van der Waals surface area contributed by atoms with E-state index in [1.165, 1.54) is 0 Å². The summed E-state index contributed by atoms with van der Waals surface area (Å²) in [6.07, 6.45) is 0.921. The van der Waals surface area contributed by atoms with Gasteiger partial charge in [-0.05, 0) is 13.1 Å². The SMILES string of the molecule is CC(=O)c1cc(CCN2CCN(C)CC2)nn1C. The molecule has 0 unspecified atom stereocenters. The maximum absolute atomic E-state index is 11.3. The lowest BCUT2D eigenvalue weighted by atomic mass is 10.2. The van der Waals surface area contributed by atoms with Crippen molar-refractivity contribution in [1.29, 1.82) is 0 Å². The van der Waals surface area contributed by atoms with Crippen LogP contribution in [-0.4, -0.2) is 65.1 Å². The predicted molar refractivity (Wildman–Crippen MR) is 70.9 cm³/mol. The number of likely N-dealkylation sites (N-methyl/N-ethyl adjacent to an activating group) is 1. The van der Waals surface area contributed by atoms with E-state index in [0.29, 0.717) is 5.69 Å². The van der Waals surface area contributed by atoms with Crippen LogP contribution in [0, 0.1) is 0 Å². The molecule has 1 aliphatic heterocycles. The molecule has 1 aliphatic rings.